The second kappa shape index (κ2) is 2.85. The largest absolute Gasteiger partial charge is 0.467 e. The third kappa shape index (κ3) is 1.14. The fourth-order valence-electron chi connectivity index (χ4n) is 2.42. The number of rotatable bonds is 1. The van der Waals surface area contributed by atoms with Gasteiger partial charge in [0, 0.05) is 6.42 Å². The highest BCUT2D eigenvalue weighted by molar-refractivity contribution is 5.83. The SMILES string of the molecule is COC(=O)[C@H]1C[C@@H]2O[C@@H]2[C@H]2COC(=O)N12. The van der Waals surface area contributed by atoms with Gasteiger partial charge >= 0.3 is 12.1 Å². The van der Waals surface area contributed by atoms with Gasteiger partial charge < -0.3 is 14.2 Å². The Labute approximate surface area is 86.1 Å². The molecule has 0 aromatic rings. The van der Waals surface area contributed by atoms with Crippen LogP contribution in [0.25, 0.3) is 0 Å². The lowest BCUT2D eigenvalue weighted by Crippen LogP contribution is -2.53. The molecule has 0 aromatic heterocycles. The van der Waals surface area contributed by atoms with Gasteiger partial charge in [0.25, 0.3) is 0 Å². The zero-order valence-corrected chi connectivity index (χ0v) is 8.21. The Kier molecular flexibility index (Phi) is 1.70. The highest BCUT2D eigenvalue weighted by Crippen LogP contribution is 2.41. The number of carbonyl (C=O) groups is 2. The van der Waals surface area contributed by atoms with Crippen LogP contribution in [0.1, 0.15) is 6.42 Å². The molecular weight excluding hydrogens is 202 g/mol. The van der Waals surface area contributed by atoms with Crippen molar-refractivity contribution in [2.24, 2.45) is 0 Å². The minimum Gasteiger partial charge on any atom is -0.467 e. The highest BCUT2D eigenvalue weighted by atomic mass is 16.6. The first-order chi connectivity index (χ1) is 7.22. The Morgan fingerprint density at radius 1 is 1.60 bits per heavy atom. The van der Waals surface area contributed by atoms with Gasteiger partial charge in [-0.15, -0.1) is 0 Å². The van der Waals surface area contributed by atoms with Crippen LogP contribution in [0.5, 0.6) is 0 Å². The fourth-order valence-corrected chi connectivity index (χ4v) is 2.42. The van der Waals surface area contributed by atoms with Crippen LogP contribution >= 0.6 is 0 Å². The molecule has 6 heteroatoms. The number of carbonyl (C=O) groups excluding carboxylic acids is 2. The van der Waals surface area contributed by atoms with Gasteiger partial charge in [-0.25, -0.2) is 9.59 Å². The summed E-state index contributed by atoms with van der Waals surface area (Å²) in [4.78, 5) is 24.4. The first-order valence-corrected chi connectivity index (χ1v) is 4.90. The maximum atomic E-state index is 11.5. The van der Waals surface area contributed by atoms with Gasteiger partial charge in [0.15, 0.2) is 0 Å². The number of ether oxygens (including phenoxy) is 3. The predicted molar refractivity (Wildman–Crippen MR) is 46.1 cm³/mol. The predicted octanol–water partition coefficient (Wildman–Crippen LogP) is -0.480. The normalized spacial score (nSPS) is 41.7. The number of epoxide rings is 1. The van der Waals surface area contributed by atoms with Crippen LogP contribution in [0.3, 0.4) is 0 Å². The summed E-state index contributed by atoms with van der Waals surface area (Å²) in [6.45, 7) is 0.313. The molecule has 82 valence electrons. The molecule has 3 heterocycles. The molecule has 1 amide bonds. The van der Waals surface area contributed by atoms with E-state index in [4.69, 9.17) is 9.47 Å². The second-order valence-electron chi connectivity index (χ2n) is 3.97. The smallest absolute Gasteiger partial charge is 0.411 e. The third-order valence-corrected chi connectivity index (χ3v) is 3.21. The lowest BCUT2D eigenvalue weighted by Gasteiger charge is -2.30. The zero-order valence-electron chi connectivity index (χ0n) is 8.21. The van der Waals surface area contributed by atoms with Crippen LogP contribution in [0, 0.1) is 0 Å². The molecule has 0 N–H and O–H groups in total. The number of cyclic esters (lactones) is 1. The summed E-state index contributed by atoms with van der Waals surface area (Å²) in [5.74, 6) is -0.396. The van der Waals surface area contributed by atoms with Crippen molar-refractivity contribution < 1.29 is 23.8 Å². The van der Waals surface area contributed by atoms with E-state index >= 15 is 0 Å². The van der Waals surface area contributed by atoms with E-state index in [2.05, 4.69) is 4.74 Å². The van der Waals surface area contributed by atoms with Gasteiger partial charge in [-0.05, 0) is 0 Å². The second-order valence-corrected chi connectivity index (χ2v) is 3.97. The van der Waals surface area contributed by atoms with E-state index < -0.39 is 18.1 Å². The molecule has 0 aliphatic carbocycles. The quantitative estimate of drug-likeness (QED) is 0.434. The number of hydrogen-bond donors (Lipinski definition) is 0. The fraction of sp³-hybridized carbons (Fsp3) is 0.778. The van der Waals surface area contributed by atoms with E-state index in [-0.39, 0.29) is 18.2 Å². The van der Waals surface area contributed by atoms with Gasteiger partial charge in [-0.1, -0.05) is 0 Å². The van der Waals surface area contributed by atoms with Crippen molar-refractivity contribution in [3.63, 3.8) is 0 Å². The molecule has 0 aromatic carbocycles. The number of methoxy groups -OCH3 is 1. The van der Waals surface area contributed by atoms with Crippen LogP contribution < -0.4 is 0 Å². The van der Waals surface area contributed by atoms with Crippen molar-refractivity contribution in [3.8, 4) is 0 Å². The van der Waals surface area contributed by atoms with E-state index in [0.717, 1.165) is 0 Å². The number of esters is 1. The summed E-state index contributed by atoms with van der Waals surface area (Å²) >= 11 is 0. The molecular formula is C9H11NO5. The van der Waals surface area contributed by atoms with Crippen molar-refractivity contribution in [1.29, 1.82) is 0 Å². The van der Waals surface area contributed by atoms with E-state index in [1.165, 1.54) is 12.0 Å². The Morgan fingerprint density at radius 2 is 2.40 bits per heavy atom. The average molecular weight is 213 g/mol. The first kappa shape index (κ1) is 8.96. The van der Waals surface area contributed by atoms with Gasteiger partial charge in [0.2, 0.25) is 0 Å². The van der Waals surface area contributed by atoms with Crippen LogP contribution in [0.15, 0.2) is 0 Å². The van der Waals surface area contributed by atoms with E-state index in [0.29, 0.717) is 13.0 Å². The van der Waals surface area contributed by atoms with Crippen LogP contribution in [-0.2, 0) is 19.0 Å². The number of amides is 1. The van der Waals surface area contributed by atoms with Crippen molar-refractivity contribution >= 4 is 12.1 Å². The van der Waals surface area contributed by atoms with Gasteiger partial charge in [0.1, 0.15) is 18.8 Å². The Hall–Kier alpha value is -1.30. The molecule has 3 saturated heterocycles. The molecule has 0 unspecified atom stereocenters. The lowest BCUT2D eigenvalue weighted by atomic mass is 9.97. The molecule has 0 spiro atoms. The van der Waals surface area contributed by atoms with Gasteiger partial charge in [0.05, 0.1) is 19.3 Å². The monoisotopic (exact) mass is 213 g/mol. The minimum atomic E-state index is -0.543. The van der Waals surface area contributed by atoms with Crippen LogP contribution in [0.4, 0.5) is 4.79 Å². The van der Waals surface area contributed by atoms with Crippen LogP contribution in [-0.4, -0.2) is 55.0 Å². The van der Waals surface area contributed by atoms with E-state index in [9.17, 15) is 9.59 Å². The molecule has 15 heavy (non-hydrogen) atoms. The highest BCUT2D eigenvalue weighted by Gasteiger charge is 2.60. The Morgan fingerprint density at radius 3 is 3.13 bits per heavy atom. The maximum Gasteiger partial charge on any atom is 0.411 e. The molecule has 0 bridgehead atoms. The first-order valence-electron chi connectivity index (χ1n) is 4.90. The third-order valence-electron chi connectivity index (χ3n) is 3.21. The number of fused-ring (bicyclic) bond motifs is 3. The summed E-state index contributed by atoms with van der Waals surface area (Å²) in [7, 11) is 1.32. The van der Waals surface area contributed by atoms with Crippen molar-refractivity contribution in [3.05, 3.63) is 0 Å². The lowest BCUT2D eigenvalue weighted by molar-refractivity contribution is -0.147. The van der Waals surface area contributed by atoms with Crippen molar-refractivity contribution in [1.82, 2.24) is 4.90 Å². The van der Waals surface area contributed by atoms with E-state index in [1.807, 2.05) is 0 Å². The number of nitrogens with zero attached hydrogens (tertiary/aromatic N) is 1. The zero-order chi connectivity index (χ0) is 10.6. The molecule has 3 rings (SSSR count). The molecule has 3 aliphatic heterocycles. The summed E-state index contributed by atoms with van der Waals surface area (Å²) in [6, 6.07) is -0.654. The van der Waals surface area contributed by atoms with Gasteiger partial charge in [-0.3, -0.25) is 4.90 Å². The number of piperidine rings is 1. The van der Waals surface area contributed by atoms with E-state index in [1.54, 1.807) is 0 Å². The summed E-state index contributed by atoms with van der Waals surface area (Å²) in [5, 5.41) is 0. The molecule has 6 nitrogen and oxygen atoms in total. The standard InChI is InChI=1S/C9H11NO5/c1-13-8(11)4-2-6-7(15-6)5-3-14-9(12)10(4)5/h4-7H,2-3H2,1H3/t4-,5-,6+,7-/m1/s1. The summed E-state index contributed by atoms with van der Waals surface area (Å²) < 4.78 is 15.0. The topological polar surface area (TPSA) is 68.4 Å². The Balaban J connectivity index is 1.88. The van der Waals surface area contributed by atoms with Crippen LogP contribution in [0.2, 0.25) is 0 Å². The van der Waals surface area contributed by atoms with Gasteiger partial charge in [-0.2, -0.15) is 0 Å². The molecule has 0 saturated carbocycles. The van der Waals surface area contributed by atoms with Crippen molar-refractivity contribution in [2.45, 2.75) is 30.7 Å². The maximum absolute atomic E-state index is 11.5. The summed E-state index contributed by atoms with van der Waals surface area (Å²) in [5.41, 5.74) is 0. The average Bonchev–Trinajstić information content (AvgIpc) is 2.93. The molecule has 3 fully saturated rings. The molecule has 0 radical (unpaired) electrons. The number of hydrogen-bond acceptors (Lipinski definition) is 5. The van der Waals surface area contributed by atoms with Crippen molar-refractivity contribution in [2.75, 3.05) is 13.7 Å². The molecule has 4 atom stereocenters. The molecule has 3 aliphatic rings. The minimum absolute atomic E-state index is 0.0531. The summed E-state index contributed by atoms with van der Waals surface area (Å²) in [6.07, 6.45) is 0.217. The Bertz CT molecular complexity index is 330.